The fourth-order valence-electron chi connectivity index (χ4n) is 0.214. The molecule has 0 unspecified atom stereocenters. The molecule has 2 N–H and O–H groups in total. The maximum absolute atomic E-state index is 9.64. The van der Waals surface area contributed by atoms with Crippen molar-refractivity contribution >= 4 is 11.9 Å². The molecule has 0 aliphatic rings. The van der Waals surface area contributed by atoms with Crippen LogP contribution >= 0.6 is 0 Å². The molecule has 2 radical (unpaired) electrons. The number of carbonyl (C=O) groups is 2. The summed E-state index contributed by atoms with van der Waals surface area (Å²) in [5.41, 5.74) is 0. The van der Waals surface area contributed by atoms with E-state index in [1.807, 2.05) is 0 Å². The van der Waals surface area contributed by atoms with Gasteiger partial charge in [-0.25, -0.2) is 0 Å². The van der Waals surface area contributed by atoms with Crippen LogP contribution in [0.5, 0.6) is 0 Å². The van der Waals surface area contributed by atoms with Crippen LogP contribution in [0.2, 0.25) is 0 Å². The molecule has 0 atom stereocenters. The van der Waals surface area contributed by atoms with Gasteiger partial charge in [0.25, 0.3) is 0 Å². The molecule has 0 aromatic rings. The summed E-state index contributed by atoms with van der Waals surface area (Å²) in [5.74, 6) is -2.15. The summed E-state index contributed by atoms with van der Waals surface area (Å²) in [4.78, 5) is 19.3. The van der Waals surface area contributed by atoms with E-state index < -0.39 is 11.9 Å². The Morgan fingerprint density at radius 1 is 0.900 bits per heavy atom. The molecule has 0 aromatic carbocycles. The molecular weight excluding hydrogens is 239 g/mol. The molecule has 0 bridgehead atoms. The molecule has 0 saturated heterocycles. The van der Waals surface area contributed by atoms with Crippen molar-refractivity contribution in [3.05, 3.63) is 0 Å². The van der Waals surface area contributed by atoms with Crippen molar-refractivity contribution in [2.45, 2.75) is 12.8 Å². The summed E-state index contributed by atoms with van der Waals surface area (Å²) in [6.45, 7) is 0. The Morgan fingerprint density at radius 2 is 1.10 bits per heavy atom. The molecule has 0 aromatic heterocycles. The second-order valence-corrected chi connectivity index (χ2v) is 1.29. The van der Waals surface area contributed by atoms with Crippen LogP contribution in [0.15, 0.2) is 0 Å². The van der Waals surface area contributed by atoms with Gasteiger partial charge in [-0.15, -0.1) is 0 Å². The zero-order chi connectivity index (χ0) is 6.57. The van der Waals surface area contributed by atoms with Gasteiger partial charge in [0.1, 0.15) is 0 Å². The maximum atomic E-state index is 9.64. The molecule has 0 amide bonds. The maximum Gasteiger partial charge on any atom is 0.303 e. The molecule has 0 fully saturated rings. The molecule has 0 rings (SSSR count). The monoisotopic (exact) mass is 244 g/mol. The van der Waals surface area contributed by atoms with E-state index in [9.17, 15) is 9.59 Å². The van der Waals surface area contributed by atoms with Gasteiger partial charge in [-0.3, -0.25) is 9.59 Å². The summed E-state index contributed by atoms with van der Waals surface area (Å²) < 4.78 is 0. The van der Waals surface area contributed by atoms with Crippen molar-refractivity contribution in [1.29, 1.82) is 0 Å². The third-order valence-corrected chi connectivity index (χ3v) is 0.553. The van der Waals surface area contributed by atoms with Crippen molar-refractivity contribution < 1.29 is 53.9 Å². The standard InChI is InChI=1S/C4H6O4.2Cu/c5-3(6)1-2-4(7)8;;/h1-2H2,(H,5,6)(H,7,8);;. The Bertz CT molecular complexity index is 99.8. The first-order valence-corrected chi connectivity index (χ1v) is 2.06. The number of carboxylic acid groups (broad SMARTS) is 2. The first-order valence-electron chi connectivity index (χ1n) is 2.06. The van der Waals surface area contributed by atoms with Gasteiger partial charge in [0, 0.05) is 34.1 Å². The van der Waals surface area contributed by atoms with Crippen molar-refractivity contribution in [3.8, 4) is 0 Å². The van der Waals surface area contributed by atoms with E-state index in [4.69, 9.17) is 10.2 Å². The van der Waals surface area contributed by atoms with Gasteiger partial charge in [-0.2, -0.15) is 0 Å². The van der Waals surface area contributed by atoms with Gasteiger partial charge < -0.3 is 10.2 Å². The zero-order valence-electron chi connectivity index (χ0n) is 4.73. The molecule has 6 heteroatoms. The van der Waals surface area contributed by atoms with E-state index in [1.54, 1.807) is 0 Å². The van der Waals surface area contributed by atoms with Crippen LogP contribution < -0.4 is 0 Å². The first-order chi connectivity index (χ1) is 3.63. The predicted molar refractivity (Wildman–Crippen MR) is 24.5 cm³/mol. The van der Waals surface area contributed by atoms with Crippen molar-refractivity contribution in [2.24, 2.45) is 0 Å². The van der Waals surface area contributed by atoms with Crippen molar-refractivity contribution in [3.63, 3.8) is 0 Å². The minimum atomic E-state index is -1.08. The normalized spacial score (nSPS) is 6.80. The molecule has 0 aliphatic carbocycles. The fraction of sp³-hybridized carbons (Fsp3) is 0.500. The largest absolute Gasteiger partial charge is 0.481 e. The van der Waals surface area contributed by atoms with Crippen LogP contribution in [0, 0.1) is 0 Å². The van der Waals surface area contributed by atoms with Crippen LogP contribution in [0.1, 0.15) is 12.8 Å². The van der Waals surface area contributed by atoms with Gasteiger partial charge >= 0.3 is 11.9 Å². The first kappa shape index (κ1) is 16.5. The van der Waals surface area contributed by atoms with E-state index >= 15 is 0 Å². The van der Waals surface area contributed by atoms with Crippen molar-refractivity contribution in [1.82, 2.24) is 0 Å². The Labute approximate surface area is 78.9 Å². The van der Waals surface area contributed by atoms with E-state index in [1.165, 1.54) is 0 Å². The SMILES string of the molecule is O=C(O)CCC(=O)O.[Cu].[Cu]. The number of rotatable bonds is 3. The van der Waals surface area contributed by atoms with Crippen molar-refractivity contribution in [2.75, 3.05) is 0 Å². The Hall–Kier alpha value is -0.0210. The quantitative estimate of drug-likeness (QED) is 0.682. The minimum Gasteiger partial charge on any atom is -0.481 e. The second kappa shape index (κ2) is 8.98. The average Bonchev–Trinajstić information content (AvgIpc) is 1.61. The topological polar surface area (TPSA) is 74.6 Å². The fourth-order valence-corrected chi connectivity index (χ4v) is 0.214. The van der Waals surface area contributed by atoms with Gasteiger partial charge in [0.2, 0.25) is 0 Å². The number of aliphatic carboxylic acids is 2. The summed E-state index contributed by atoms with van der Waals surface area (Å²) in [5, 5.41) is 15.8. The summed E-state index contributed by atoms with van der Waals surface area (Å²) >= 11 is 0. The number of hydrogen-bond acceptors (Lipinski definition) is 2. The molecule has 0 saturated carbocycles. The summed E-state index contributed by atoms with van der Waals surface area (Å²) in [6.07, 6.45) is -0.593. The van der Waals surface area contributed by atoms with Crippen LogP contribution in [-0.4, -0.2) is 22.2 Å². The van der Waals surface area contributed by atoms with Gasteiger partial charge in [-0.1, -0.05) is 0 Å². The van der Waals surface area contributed by atoms with E-state index in [0.29, 0.717) is 0 Å². The molecule has 0 aliphatic heterocycles. The van der Waals surface area contributed by atoms with Crippen LogP contribution in [0.4, 0.5) is 0 Å². The Balaban J connectivity index is -0.000000245. The molecule has 68 valence electrons. The Morgan fingerprint density at radius 3 is 1.20 bits per heavy atom. The van der Waals surface area contributed by atoms with Crippen LogP contribution in [-0.2, 0) is 43.7 Å². The van der Waals surface area contributed by atoms with Crippen LogP contribution in [0.25, 0.3) is 0 Å². The molecule has 0 heterocycles. The van der Waals surface area contributed by atoms with Crippen LogP contribution in [0.3, 0.4) is 0 Å². The number of hydrogen-bond donors (Lipinski definition) is 2. The summed E-state index contributed by atoms with van der Waals surface area (Å²) in [7, 11) is 0. The smallest absolute Gasteiger partial charge is 0.303 e. The van der Waals surface area contributed by atoms with Gasteiger partial charge in [0.15, 0.2) is 0 Å². The zero-order valence-corrected chi connectivity index (χ0v) is 6.61. The predicted octanol–water partition coefficient (Wildman–Crippen LogP) is -0.0692. The molecule has 0 spiro atoms. The molecule has 4 nitrogen and oxygen atoms in total. The molecule has 10 heavy (non-hydrogen) atoms. The van der Waals surface area contributed by atoms with Gasteiger partial charge in [0.05, 0.1) is 12.8 Å². The second-order valence-electron chi connectivity index (χ2n) is 1.29. The van der Waals surface area contributed by atoms with E-state index in [2.05, 4.69) is 0 Å². The Kier molecular flexibility index (Phi) is 14.8. The van der Waals surface area contributed by atoms with E-state index in [-0.39, 0.29) is 47.0 Å². The minimum absolute atomic E-state index is 0. The van der Waals surface area contributed by atoms with Gasteiger partial charge in [-0.05, 0) is 0 Å². The average molecular weight is 245 g/mol. The third kappa shape index (κ3) is 15.7. The van der Waals surface area contributed by atoms with E-state index in [0.717, 1.165) is 0 Å². The summed E-state index contributed by atoms with van der Waals surface area (Å²) in [6, 6.07) is 0. The third-order valence-electron chi connectivity index (χ3n) is 0.553. The molecular formula is C4H6Cu2O4. The number of carboxylic acids is 2.